The minimum atomic E-state index is -0.381. The minimum absolute atomic E-state index is 0.00630. The van der Waals surface area contributed by atoms with Gasteiger partial charge in [0.1, 0.15) is 28.8 Å². The van der Waals surface area contributed by atoms with Crippen molar-refractivity contribution in [2.24, 2.45) is 0 Å². The maximum absolute atomic E-state index is 9.04. The second-order valence-corrected chi connectivity index (χ2v) is 10.8. The van der Waals surface area contributed by atoms with Gasteiger partial charge in [-0.1, -0.05) is 72.1 Å². The second kappa shape index (κ2) is 10.8. The molecule has 4 aromatic carbocycles. The maximum Gasteiger partial charge on any atom is 0.121 e. The first kappa shape index (κ1) is 23.8. The molecule has 0 unspecified atom stereocenters. The third-order valence-electron chi connectivity index (χ3n) is 5.74. The number of fused-ring (bicyclic) bond motifs is 3. The van der Waals surface area contributed by atoms with E-state index in [-0.39, 0.29) is 30.5 Å². The van der Waals surface area contributed by atoms with Gasteiger partial charge < -0.3 is 19.7 Å². The number of thioether (sulfide) groups is 2. The highest BCUT2D eigenvalue weighted by Crippen LogP contribution is 2.64. The fraction of sp³-hybridized carbons (Fsp3) is 0.172. The highest BCUT2D eigenvalue weighted by atomic mass is 32.2. The first-order valence-corrected chi connectivity index (χ1v) is 13.1. The summed E-state index contributed by atoms with van der Waals surface area (Å²) in [5, 5.41) is 18.1. The van der Waals surface area contributed by atoms with Crippen LogP contribution in [0.4, 0.5) is 0 Å². The van der Waals surface area contributed by atoms with Crippen LogP contribution in [0.15, 0.2) is 107 Å². The van der Waals surface area contributed by atoms with Crippen LogP contribution in [-0.4, -0.2) is 36.6 Å². The number of hydrogen-bond acceptors (Lipinski definition) is 6. The van der Waals surface area contributed by atoms with Gasteiger partial charge in [-0.05, 0) is 70.8 Å². The van der Waals surface area contributed by atoms with E-state index in [0.29, 0.717) is 0 Å². The monoisotopic (exact) mass is 502 g/mol. The van der Waals surface area contributed by atoms with E-state index >= 15 is 0 Å². The smallest absolute Gasteiger partial charge is 0.121 e. The van der Waals surface area contributed by atoms with Crippen LogP contribution in [0.3, 0.4) is 0 Å². The molecule has 4 aromatic rings. The van der Waals surface area contributed by atoms with Crippen LogP contribution in [-0.2, 0) is 4.08 Å². The van der Waals surface area contributed by atoms with Crippen molar-refractivity contribution in [1.29, 1.82) is 0 Å². The molecule has 0 amide bonds. The normalized spacial score (nSPS) is 13.2. The van der Waals surface area contributed by atoms with Gasteiger partial charge in [-0.15, -0.1) is 0 Å². The van der Waals surface area contributed by atoms with Crippen LogP contribution in [0.2, 0.25) is 0 Å². The van der Waals surface area contributed by atoms with Gasteiger partial charge in [0.25, 0.3) is 0 Å². The van der Waals surface area contributed by atoms with Gasteiger partial charge in [0.2, 0.25) is 0 Å². The number of aliphatic hydroxyl groups excluding tert-OH is 2. The molecule has 1 aliphatic carbocycles. The molecule has 0 heterocycles. The van der Waals surface area contributed by atoms with E-state index in [1.54, 1.807) is 0 Å². The lowest BCUT2D eigenvalue weighted by Crippen LogP contribution is -2.16. The van der Waals surface area contributed by atoms with E-state index in [9.17, 15) is 0 Å². The second-order valence-electron chi connectivity index (χ2n) is 8.00. The topological polar surface area (TPSA) is 58.9 Å². The van der Waals surface area contributed by atoms with Crippen molar-refractivity contribution in [2.45, 2.75) is 13.9 Å². The Balaban J connectivity index is 1.55. The molecule has 0 aromatic heterocycles. The Labute approximate surface area is 213 Å². The van der Waals surface area contributed by atoms with Crippen LogP contribution in [0, 0.1) is 0 Å². The molecule has 0 spiro atoms. The molecule has 4 nitrogen and oxygen atoms in total. The first-order chi connectivity index (χ1) is 17.2. The fourth-order valence-electron chi connectivity index (χ4n) is 4.26. The number of benzene rings is 4. The Morgan fingerprint density at radius 3 is 1.34 bits per heavy atom. The number of hydrogen-bond donors (Lipinski definition) is 2. The highest BCUT2D eigenvalue weighted by molar-refractivity contribution is 8.17. The van der Waals surface area contributed by atoms with Gasteiger partial charge >= 0.3 is 0 Å². The third kappa shape index (κ3) is 4.93. The van der Waals surface area contributed by atoms with E-state index in [2.05, 4.69) is 72.8 Å². The van der Waals surface area contributed by atoms with Gasteiger partial charge in [0.15, 0.2) is 0 Å². The number of ether oxygens (including phenoxy) is 2. The van der Waals surface area contributed by atoms with Crippen molar-refractivity contribution in [3.8, 4) is 22.6 Å². The summed E-state index contributed by atoms with van der Waals surface area (Å²) in [6, 6.07) is 33.4. The Morgan fingerprint density at radius 1 is 0.543 bits per heavy atom. The molecular weight excluding hydrogens is 476 g/mol. The van der Waals surface area contributed by atoms with Crippen LogP contribution in [0.1, 0.15) is 11.1 Å². The van der Waals surface area contributed by atoms with Crippen molar-refractivity contribution in [3.05, 3.63) is 108 Å². The molecule has 0 saturated heterocycles. The summed E-state index contributed by atoms with van der Waals surface area (Å²) < 4.78 is 10.7. The molecule has 2 N–H and O–H groups in total. The van der Waals surface area contributed by atoms with Crippen molar-refractivity contribution < 1.29 is 19.7 Å². The molecular formula is C29H26O4S2. The van der Waals surface area contributed by atoms with Crippen molar-refractivity contribution in [1.82, 2.24) is 0 Å². The zero-order chi connectivity index (χ0) is 24.1. The summed E-state index contributed by atoms with van der Waals surface area (Å²) in [7, 11) is 0. The summed E-state index contributed by atoms with van der Waals surface area (Å²) in [6.07, 6.45) is 0. The third-order valence-corrected chi connectivity index (χ3v) is 8.71. The summed E-state index contributed by atoms with van der Waals surface area (Å²) in [5.74, 6) is 1.49. The van der Waals surface area contributed by atoms with Crippen molar-refractivity contribution >= 4 is 23.5 Å². The molecule has 0 aliphatic heterocycles. The molecule has 0 saturated carbocycles. The lowest BCUT2D eigenvalue weighted by atomic mass is 10.1. The fourth-order valence-corrected chi connectivity index (χ4v) is 7.37. The summed E-state index contributed by atoms with van der Waals surface area (Å²) in [5.41, 5.74) is 5.07. The van der Waals surface area contributed by atoms with E-state index in [1.165, 1.54) is 22.3 Å². The van der Waals surface area contributed by atoms with Crippen LogP contribution in [0.25, 0.3) is 11.1 Å². The molecule has 178 valence electrons. The largest absolute Gasteiger partial charge is 0.491 e. The van der Waals surface area contributed by atoms with Crippen LogP contribution >= 0.6 is 23.5 Å². The van der Waals surface area contributed by atoms with Crippen molar-refractivity contribution in [3.63, 3.8) is 0 Å². The average Bonchev–Trinajstić information content (AvgIpc) is 3.17. The SMILES string of the molecule is OCCOc1ccc(SC2(Sc3ccc(OCCO)cc3)c3ccccc3-c3ccccc32)cc1. The molecule has 1 aliphatic rings. The molecule has 0 bridgehead atoms. The predicted octanol–water partition coefficient (Wildman–Crippen LogP) is 6.19. The molecule has 5 rings (SSSR count). The minimum Gasteiger partial charge on any atom is -0.491 e. The molecule has 0 radical (unpaired) electrons. The van der Waals surface area contributed by atoms with E-state index in [0.717, 1.165) is 21.3 Å². The van der Waals surface area contributed by atoms with Crippen LogP contribution in [0.5, 0.6) is 11.5 Å². The Morgan fingerprint density at radius 2 is 0.943 bits per heavy atom. The maximum atomic E-state index is 9.04. The van der Waals surface area contributed by atoms with Gasteiger partial charge in [-0.25, -0.2) is 0 Å². The summed E-state index contributed by atoms with van der Waals surface area (Å²) >= 11 is 3.65. The van der Waals surface area contributed by atoms with Gasteiger partial charge in [-0.3, -0.25) is 0 Å². The van der Waals surface area contributed by atoms with E-state index in [1.807, 2.05) is 47.8 Å². The summed E-state index contributed by atoms with van der Waals surface area (Å²) in [6.45, 7) is 0.553. The van der Waals surface area contributed by atoms with Gasteiger partial charge in [0.05, 0.1) is 13.2 Å². The van der Waals surface area contributed by atoms with E-state index < -0.39 is 0 Å². The molecule has 35 heavy (non-hydrogen) atoms. The Kier molecular flexibility index (Phi) is 7.35. The van der Waals surface area contributed by atoms with Crippen molar-refractivity contribution in [2.75, 3.05) is 26.4 Å². The average molecular weight is 503 g/mol. The zero-order valence-electron chi connectivity index (χ0n) is 19.1. The Hall–Kier alpha value is -2.90. The standard InChI is InChI=1S/C29H26O4S2/c30-17-19-32-21-9-13-23(14-10-21)34-29(35-24-15-11-22(12-16-24)33-20-18-31)27-7-3-1-5-25(27)26-6-2-4-8-28(26)29/h1-16,30-31H,17-20H2. The summed E-state index contributed by atoms with van der Waals surface area (Å²) in [4.78, 5) is 2.26. The lowest BCUT2D eigenvalue weighted by Gasteiger charge is -2.31. The van der Waals surface area contributed by atoms with Gasteiger partial charge in [0, 0.05) is 9.79 Å². The highest BCUT2D eigenvalue weighted by Gasteiger charge is 2.45. The van der Waals surface area contributed by atoms with Crippen LogP contribution < -0.4 is 9.47 Å². The predicted molar refractivity (Wildman–Crippen MR) is 142 cm³/mol. The Bertz CT molecular complexity index is 1170. The van der Waals surface area contributed by atoms with E-state index in [4.69, 9.17) is 19.7 Å². The molecule has 0 fully saturated rings. The zero-order valence-corrected chi connectivity index (χ0v) is 20.7. The lowest BCUT2D eigenvalue weighted by molar-refractivity contribution is 0.201. The number of aliphatic hydroxyl groups is 2. The number of rotatable bonds is 10. The first-order valence-electron chi connectivity index (χ1n) is 11.5. The molecule has 6 heteroatoms. The van der Waals surface area contributed by atoms with Gasteiger partial charge in [-0.2, -0.15) is 0 Å². The quantitative estimate of drug-likeness (QED) is 0.252. The molecule has 0 atom stereocenters.